The van der Waals surface area contributed by atoms with Crippen molar-refractivity contribution in [1.82, 2.24) is 0 Å². The van der Waals surface area contributed by atoms with E-state index in [4.69, 9.17) is 0 Å². The predicted molar refractivity (Wildman–Crippen MR) is 86.8 cm³/mol. The maximum Gasteiger partial charge on any atom is 0.339 e. The molecule has 0 unspecified atom stereocenters. The van der Waals surface area contributed by atoms with Gasteiger partial charge in [-0.05, 0) is 38.0 Å². The van der Waals surface area contributed by atoms with Crippen molar-refractivity contribution in [2.75, 3.05) is 5.32 Å². The van der Waals surface area contributed by atoms with Gasteiger partial charge in [0.05, 0.1) is 12.0 Å². The number of thiophene rings is 2. The van der Waals surface area contributed by atoms with E-state index in [1.54, 1.807) is 11.3 Å². The molecule has 0 radical (unpaired) electrons. The normalized spacial score (nSPS) is 10.6. The second-order valence-electron chi connectivity index (χ2n) is 4.74. The summed E-state index contributed by atoms with van der Waals surface area (Å²) in [5, 5.41) is 12.5. The molecule has 1 amide bonds. The Morgan fingerprint density at radius 1 is 1.24 bits per heavy atom. The number of carbonyl (C=O) groups excluding carboxylic acids is 1. The van der Waals surface area contributed by atoms with E-state index in [1.807, 2.05) is 32.9 Å². The van der Waals surface area contributed by atoms with Crippen LogP contribution in [0.1, 0.15) is 37.5 Å². The van der Waals surface area contributed by atoms with Crippen LogP contribution in [0, 0.1) is 13.8 Å². The van der Waals surface area contributed by atoms with Crippen LogP contribution >= 0.6 is 22.7 Å². The van der Waals surface area contributed by atoms with E-state index in [9.17, 15) is 14.7 Å². The predicted octanol–water partition coefficient (Wildman–Crippen LogP) is 3.87. The number of aromatic carboxylic acids is 1. The van der Waals surface area contributed by atoms with Gasteiger partial charge in [-0.15, -0.1) is 22.7 Å². The molecule has 0 aromatic carbocycles. The maximum atomic E-state index is 12.1. The summed E-state index contributed by atoms with van der Waals surface area (Å²) in [6.07, 6.45) is 0.917. The van der Waals surface area contributed by atoms with Crippen molar-refractivity contribution in [3.63, 3.8) is 0 Å². The van der Waals surface area contributed by atoms with Crippen molar-refractivity contribution in [3.8, 4) is 0 Å². The standard InChI is InChI=1S/C15H17NO3S2/c1-4-11-9(3)21-14(13(11)15(18)19)16-12(17)7-10-6-5-8(2)20-10/h5-6H,4,7H2,1-3H3,(H,16,17)(H,18,19). The number of carboxylic acid groups (broad SMARTS) is 1. The van der Waals surface area contributed by atoms with E-state index in [2.05, 4.69) is 5.32 Å². The number of hydrogen-bond acceptors (Lipinski definition) is 4. The highest BCUT2D eigenvalue weighted by molar-refractivity contribution is 7.16. The Bertz CT molecular complexity index is 685. The van der Waals surface area contributed by atoms with Gasteiger partial charge in [0, 0.05) is 14.6 Å². The second-order valence-corrected chi connectivity index (χ2v) is 7.33. The van der Waals surface area contributed by atoms with Gasteiger partial charge < -0.3 is 10.4 Å². The van der Waals surface area contributed by atoms with Crippen LogP contribution in [0.15, 0.2) is 12.1 Å². The summed E-state index contributed by atoms with van der Waals surface area (Å²) in [5.41, 5.74) is 1.03. The third-order valence-corrected chi connectivity index (χ3v) is 5.22. The lowest BCUT2D eigenvalue weighted by Gasteiger charge is -2.04. The molecule has 0 saturated heterocycles. The van der Waals surface area contributed by atoms with Crippen LogP contribution in [-0.2, 0) is 17.6 Å². The molecule has 6 heteroatoms. The van der Waals surface area contributed by atoms with Gasteiger partial charge in [-0.1, -0.05) is 6.92 Å². The van der Waals surface area contributed by atoms with E-state index in [1.165, 1.54) is 11.3 Å². The number of aryl methyl sites for hydroxylation is 2. The number of carboxylic acids is 1. The third-order valence-electron chi connectivity index (χ3n) is 3.16. The SMILES string of the molecule is CCc1c(C)sc(NC(=O)Cc2ccc(C)s2)c1C(=O)O. The molecule has 0 aliphatic heterocycles. The Morgan fingerprint density at radius 3 is 2.48 bits per heavy atom. The van der Waals surface area contributed by atoms with E-state index >= 15 is 0 Å². The summed E-state index contributed by atoms with van der Waals surface area (Å²) in [4.78, 5) is 26.6. The zero-order valence-electron chi connectivity index (χ0n) is 12.1. The Kier molecular flexibility index (Phi) is 4.80. The van der Waals surface area contributed by atoms with Crippen LogP contribution in [0.4, 0.5) is 5.00 Å². The Labute approximate surface area is 131 Å². The molecular formula is C15H17NO3S2. The van der Waals surface area contributed by atoms with Gasteiger partial charge in [0.2, 0.25) is 5.91 Å². The van der Waals surface area contributed by atoms with E-state index in [0.29, 0.717) is 11.4 Å². The van der Waals surface area contributed by atoms with E-state index < -0.39 is 5.97 Å². The number of carbonyl (C=O) groups is 2. The highest BCUT2D eigenvalue weighted by atomic mass is 32.1. The van der Waals surface area contributed by atoms with Crippen molar-refractivity contribution < 1.29 is 14.7 Å². The number of rotatable bonds is 5. The Morgan fingerprint density at radius 2 is 1.95 bits per heavy atom. The average Bonchev–Trinajstić information content (AvgIpc) is 2.92. The molecule has 0 aliphatic rings. The molecule has 0 bridgehead atoms. The number of anilines is 1. The van der Waals surface area contributed by atoms with Gasteiger partial charge in [0.1, 0.15) is 5.00 Å². The van der Waals surface area contributed by atoms with Crippen molar-refractivity contribution >= 4 is 39.6 Å². The van der Waals surface area contributed by atoms with Crippen LogP contribution in [0.5, 0.6) is 0 Å². The average molecular weight is 323 g/mol. The molecule has 112 valence electrons. The van der Waals surface area contributed by atoms with Crippen LogP contribution in [-0.4, -0.2) is 17.0 Å². The van der Waals surface area contributed by atoms with Crippen LogP contribution in [0.2, 0.25) is 0 Å². The highest BCUT2D eigenvalue weighted by Gasteiger charge is 2.21. The second kappa shape index (κ2) is 6.41. The van der Waals surface area contributed by atoms with Gasteiger partial charge in [0.15, 0.2) is 0 Å². The Hall–Kier alpha value is -1.66. The molecule has 0 spiro atoms. The molecule has 2 heterocycles. The van der Waals surface area contributed by atoms with Crippen LogP contribution in [0.3, 0.4) is 0 Å². The first-order chi connectivity index (χ1) is 9.92. The van der Waals surface area contributed by atoms with Crippen molar-refractivity contribution in [2.24, 2.45) is 0 Å². The van der Waals surface area contributed by atoms with Gasteiger partial charge in [-0.2, -0.15) is 0 Å². The lowest BCUT2D eigenvalue weighted by atomic mass is 10.1. The fourth-order valence-electron chi connectivity index (χ4n) is 2.23. The quantitative estimate of drug-likeness (QED) is 0.878. The summed E-state index contributed by atoms with van der Waals surface area (Å²) in [7, 11) is 0. The van der Waals surface area contributed by atoms with Gasteiger partial charge >= 0.3 is 5.97 Å². The van der Waals surface area contributed by atoms with Crippen LogP contribution in [0.25, 0.3) is 0 Å². The van der Waals surface area contributed by atoms with E-state index in [-0.39, 0.29) is 17.9 Å². The van der Waals surface area contributed by atoms with Gasteiger partial charge in [0.25, 0.3) is 0 Å². The van der Waals surface area contributed by atoms with E-state index in [0.717, 1.165) is 20.2 Å². The molecule has 0 atom stereocenters. The monoisotopic (exact) mass is 323 g/mol. The highest BCUT2D eigenvalue weighted by Crippen LogP contribution is 2.33. The molecular weight excluding hydrogens is 306 g/mol. The van der Waals surface area contributed by atoms with Gasteiger partial charge in [-0.25, -0.2) is 4.79 Å². The minimum atomic E-state index is -0.988. The summed E-state index contributed by atoms with van der Waals surface area (Å²) < 4.78 is 0. The summed E-state index contributed by atoms with van der Waals surface area (Å²) in [5.74, 6) is -1.17. The number of amides is 1. The first-order valence-corrected chi connectivity index (χ1v) is 8.26. The first-order valence-electron chi connectivity index (χ1n) is 6.63. The third kappa shape index (κ3) is 3.51. The smallest absolute Gasteiger partial charge is 0.339 e. The fourth-order valence-corrected chi connectivity index (χ4v) is 4.27. The maximum absolute atomic E-state index is 12.1. The lowest BCUT2D eigenvalue weighted by molar-refractivity contribution is -0.115. The lowest BCUT2D eigenvalue weighted by Crippen LogP contribution is -2.15. The van der Waals surface area contributed by atoms with Crippen molar-refractivity contribution in [2.45, 2.75) is 33.6 Å². The minimum Gasteiger partial charge on any atom is -0.478 e. The molecule has 2 aromatic heterocycles. The summed E-state index contributed by atoms with van der Waals surface area (Å²) >= 11 is 2.90. The molecule has 4 nitrogen and oxygen atoms in total. The van der Waals surface area contributed by atoms with Crippen LogP contribution < -0.4 is 5.32 Å². The summed E-state index contributed by atoms with van der Waals surface area (Å²) in [6.45, 7) is 5.79. The minimum absolute atomic E-state index is 0.178. The zero-order chi connectivity index (χ0) is 15.6. The Balaban J connectivity index is 2.19. The topological polar surface area (TPSA) is 66.4 Å². The molecule has 0 saturated carbocycles. The number of hydrogen-bond donors (Lipinski definition) is 2. The molecule has 2 N–H and O–H groups in total. The molecule has 2 aromatic rings. The fraction of sp³-hybridized carbons (Fsp3) is 0.333. The molecule has 0 fully saturated rings. The first kappa shape index (κ1) is 15.7. The molecule has 21 heavy (non-hydrogen) atoms. The zero-order valence-corrected chi connectivity index (χ0v) is 13.8. The number of nitrogens with one attached hydrogen (secondary N) is 1. The molecule has 2 rings (SSSR count). The largest absolute Gasteiger partial charge is 0.478 e. The molecule has 0 aliphatic carbocycles. The van der Waals surface area contributed by atoms with Gasteiger partial charge in [-0.3, -0.25) is 4.79 Å². The summed E-state index contributed by atoms with van der Waals surface area (Å²) in [6, 6.07) is 3.90. The van der Waals surface area contributed by atoms with Crippen molar-refractivity contribution in [3.05, 3.63) is 37.9 Å². The van der Waals surface area contributed by atoms with Crippen molar-refractivity contribution in [1.29, 1.82) is 0 Å².